The fourth-order valence-electron chi connectivity index (χ4n) is 3.44. The predicted molar refractivity (Wildman–Crippen MR) is 111 cm³/mol. The third-order valence-corrected chi connectivity index (χ3v) is 5.89. The molecule has 0 unspecified atom stereocenters. The second kappa shape index (κ2) is 8.34. The van der Waals surface area contributed by atoms with E-state index in [9.17, 15) is 8.42 Å². The van der Waals surface area contributed by atoms with Crippen molar-refractivity contribution in [3.05, 3.63) is 30.3 Å². The van der Waals surface area contributed by atoms with E-state index < -0.39 is 10.1 Å². The van der Waals surface area contributed by atoms with E-state index in [1.54, 1.807) is 6.07 Å². The lowest BCUT2D eigenvalue weighted by atomic mass is 9.99. The molecule has 0 saturated heterocycles. The Morgan fingerprint density at radius 1 is 0.793 bits per heavy atom. The van der Waals surface area contributed by atoms with Gasteiger partial charge in [-0.25, -0.2) is 0 Å². The molecule has 3 aromatic rings. The summed E-state index contributed by atoms with van der Waals surface area (Å²) in [6.45, 7) is 4.56. The number of ether oxygens (including phenoxy) is 4. The van der Waals surface area contributed by atoms with Gasteiger partial charge >= 0.3 is 10.1 Å². The lowest BCUT2D eigenvalue weighted by Gasteiger charge is -2.21. The monoisotopic (exact) mass is 420 g/mol. The summed E-state index contributed by atoms with van der Waals surface area (Å²) in [6.07, 6.45) is 0. The van der Waals surface area contributed by atoms with Crippen LogP contribution in [0.25, 0.3) is 21.5 Å². The first kappa shape index (κ1) is 21.0. The molecule has 0 spiro atoms. The van der Waals surface area contributed by atoms with Crippen molar-refractivity contribution < 1.29 is 31.5 Å². The maximum Gasteiger partial charge on any atom is 0.304 e. The Morgan fingerprint density at radius 3 is 1.90 bits per heavy atom. The first-order valence-corrected chi connectivity index (χ1v) is 10.5. The minimum atomic E-state index is -4.13. The molecule has 0 bridgehead atoms. The molecule has 0 aromatic heterocycles. The summed E-state index contributed by atoms with van der Waals surface area (Å²) in [4.78, 5) is -0.198. The summed E-state index contributed by atoms with van der Waals surface area (Å²) in [5, 5.41) is 2.73. The Morgan fingerprint density at radius 2 is 1.38 bits per heavy atom. The van der Waals surface area contributed by atoms with Gasteiger partial charge in [-0.1, -0.05) is 24.3 Å². The lowest BCUT2D eigenvalue weighted by molar-refractivity contribution is 0.337. The van der Waals surface area contributed by atoms with Crippen LogP contribution in [0, 0.1) is 0 Å². The van der Waals surface area contributed by atoms with Crippen molar-refractivity contribution >= 4 is 31.7 Å². The molecule has 0 radical (unpaired) electrons. The van der Waals surface area contributed by atoms with Crippen molar-refractivity contribution in [1.82, 2.24) is 0 Å². The minimum absolute atomic E-state index is 0.0800. The molecule has 0 aliphatic heterocycles. The first-order valence-electron chi connectivity index (χ1n) is 9.14. The summed E-state index contributed by atoms with van der Waals surface area (Å²) in [5.41, 5.74) is 0. The molecule has 0 aliphatic carbocycles. The van der Waals surface area contributed by atoms with Gasteiger partial charge in [-0.3, -0.25) is 4.18 Å². The molecule has 0 amide bonds. The predicted octanol–water partition coefficient (Wildman–Crippen LogP) is 4.14. The van der Waals surface area contributed by atoms with Crippen molar-refractivity contribution in [2.45, 2.75) is 18.7 Å². The summed E-state index contributed by atoms with van der Waals surface area (Å²) >= 11 is 0. The van der Waals surface area contributed by atoms with Crippen molar-refractivity contribution in [3.8, 4) is 23.0 Å². The maximum absolute atomic E-state index is 12.7. The zero-order valence-electron chi connectivity index (χ0n) is 17.1. The molecule has 156 valence electrons. The fourth-order valence-corrected chi connectivity index (χ4v) is 4.41. The van der Waals surface area contributed by atoms with Crippen LogP contribution in [0.4, 0.5) is 0 Å². The number of hydrogen-bond donors (Lipinski definition) is 0. The van der Waals surface area contributed by atoms with Gasteiger partial charge in [-0.05, 0) is 19.9 Å². The van der Waals surface area contributed by atoms with Gasteiger partial charge in [-0.15, -0.1) is 0 Å². The molecule has 3 aromatic carbocycles. The second-order valence-corrected chi connectivity index (χ2v) is 7.70. The molecule has 7 nitrogen and oxygen atoms in total. The van der Waals surface area contributed by atoms with Crippen LogP contribution in [-0.2, 0) is 14.3 Å². The molecule has 0 atom stereocenters. The average Bonchev–Trinajstić information content (AvgIpc) is 2.74. The highest BCUT2D eigenvalue weighted by molar-refractivity contribution is 7.87. The van der Waals surface area contributed by atoms with Crippen LogP contribution in [-0.4, -0.2) is 43.0 Å². The van der Waals surface area contributed by atoms with E-state index in [0.717, 1.165) is 17.9 Å². The van der Waals surface area contributed by atoms with Gasteiger partial charge < -0.3 is 18.9 Å². The fraction of sp³-hybridized carbons (Fsp3) is 0.333. The average molecular weight is 420 g/mol. The molecule has 0 N–H and O–H groups in total. The van der Waals surface area contributed by atoms with E-state index in [-0.39, 0.29) is 16.4 Å². The number of methoxy groups -OCH3 is 2. The summed E-state index contributed by atoms with van der Waals surface area (Å²) in [6, 6.07) is 9.24. The van der Waals surface area contributed by atoms with Crippen LogP contribution in [0.3, 0.4) is 0 Å². The highest BCUT2D eigenvalue weighted by atomic mass is 32.2. The Hall–Kier alpha value is -2.71. The van der Waals surface area contributed by atoms with Gasteiger partial charge in [0.25, 0.3) is 0 Å². The number of rotatable bonds is 8. The van der Waals surface area contributed by atoms with Gasteiger partial charge in [-0.2, -0.15) is 8.42 Å². The lowest BCUT2D eigenvalue weighted by Crippen LogP contribution is -2.09. The van der Waals surface area contributed by atoms with Crippen molar-refractivity contribution in [1.29, 1.82) is 0 Å². The number of benzene rings is 3. The van der Waals surface area contributed by atoms with Crippen molar-refractivity contribution in [3.63, 3.8) is 0 Å². The zero-order chi connectivity index (χ0) is 21.2. The van der Waals surface area contributed by atoms with Crippen LogP contribution < -0.4 is 18.9 Å². The molecule has 3 rings (SSSR count). The molecular weight excluding hydrogens is 396 g/mol. The highest BCUT2D eigenvalue weighted by Gasteiger charge is 2.31. The van der Waals surface area contributed by atoms with Crippen molar-refractivity contribution in [2.75, 3.05) is 34.5 Å². The van der Waals surface area contributed by atoms with E-state index >= 15 is 0 Å². The van der Waals surface area contributed by atoms with E-state index in [0.29, 0.717) is 35.5 Å². The molecular formula is C21H24O7S. The third-order valence-electron chi connectivity index (χ3n) is 4.56. The van der Waals surface area contributed by atoms with Gasteiger partial charge in [0.1, 0.15) is 17.2 Å². The van der Waals surface area contributed by atoms with E-state index in [1.807, 2.05) is 38.1 Å². The quantitative estimate of drug-likeness (QED) is 0.400. The molecule has 0 fully saturated rings. The first-order chi connectivity index (χ1) is 13.9. The topological polar surface area (TPSA) is 80.3 Å². The Kier molecular flexibility index (Phi) is 6.04. The van der Waals surface area contributed by atoms with Crippen LogP contribution >= 0.6 is 0 Å². The van der Waals surface area contributed by atoms with Crippen molar-refractivity contribution in [2.24, 2.45) is 0 Å². The zero-order valence-corrected chi connectivity index (χ0v) is 17.9. The SMILES string of the molecule is CCOc1c2ccccc2c(OCC)c2c(OC)c(S(=O)(=O)OC)c(OC)cc12. The Bertz CT molecular complexity index is 1150. The summed E-state index contributed by atoms with van der Waals surface area (Å²) < 4.78 is 53.1. The van der Waals surface area contributed by atoms with E-state index in [2.05, 4.69) is 0 Å². The van der Waals surface area contributed by atoms with Gasteiger partial charge in [0.15, 0.2) is 10.6 Å². The molecule has 29 heavy (non-hydrogen) atoms. The normalized spacial score (nSPS) is 11.6. The molecule has 0 saturated carbocycles. The number of hydrogen-bond acceptors (Lipinski definition) is 7. The standard InChI is InChI=1S/C21H24O7S/c1-6-27-18-13-10-8-9-11-14(13)19(28-7-2)17-15(18)12-16(24-3)21(20(17)25-4)29(22,23)26-5/h8-12H,6-7H2,1-5H3. The largest absolute Gasteiger partial charge is 0.495 e. The highest BCUT2D eigenvalue weighted by Crippen LogP contribution is 2.51. The third kappa shape index (κ3) is 3.42. The van der Waals surface area contributed by atoms with Gasteiger partial charge in [0, 0.05) is 16.2 Å². The van der Waals surface area contributed by atoms with E-state index in [4.69, 9.17) is 23.1 Å². The summed E-state index contributed by atoms with van der Waals surface area (Å²) in [7, 11) is -0.254. The smallest absolute Gasteiger partial charge is 0.304 e. The van der Waals surface area contributed by atoms with Crippen LogP contribution in [0.2, 0.25) is 0 Å². The molecule has 0 aliphatic rings. The summed E-state index contributed by atoms with van der Waals surface area (Å²) in [5.74, 6) is 1.28. The van der Waals surface area contributed by atoms with Gasteiger partial charge in [0.05, 0.1) is 39.9 Å². The van der Waals surface area contributed by atoms with Gasteiger partial charge in [0.2, 0.25) is 0 Å². The van der Waals surface area contributed by atoms with Crippen LogP contribution in [0.1, 0.15) is 13.8 Å². The minimum Gasteiger partial charge on any atom is -0.495 e. The van der Waals surface area contributed by atoms with Crippen LogP contribution in [0.5, 0.6) is 23.0 Å². The Labute approximate surface area is 170 Å². The maximum atomic E-state index is 12.7. The number of fused-ring (bicyclic) bond motifs is 2. The van der Waals surface area contributed by atoms with E-state index in [1.165, 1.54) is 14.2 Å². The molecule has 0 heterocycles. The molecule has 8 heteroatoms. The Balaban J connectivity index is 2.67. The second-order valence-electron chi connectivity index (χ2n) is 6.05. The van der Waals surface area contributed by atoms with Crippen LogP contribution in [0.15, 0.2) is 35.2 Å².